The van der Waals surface area contributed by atoms with E-state index < -0.39 is 33.5 Å². The van der Waals surface area contributed by atoms with Crippen molar-refractivity contribution in [2.75, 3.05) is 16.8 Å². The van der Waals surface area contributed by atoms with E-state index in [0.717, 1.165) is 30.7 Å². The number of carbonyl (C=O) groups excluding carboxylic acids is 1. The van der Waals surface area contributed by atoms with Crippen molar-refractivity contribution in [3.63, 3.8) is 0 Å². The van der Waals surface area contributed by atoms with Crippen molar-refractivity contribution < 1.29 is 22.0 Å². The largest absolute Gasteiger partial charge is 0.331 e. The zero-order valence-corrected chi connectivity index (χ0v) is 16.7. The van der Waals surface area contributed by atoms with Crippen LogP contribution >= 0.6 is 0 Å². The smallest absolute Gasteiger partial charge is 0.320 e. The number of urea groups is 1. The average Bonchev–Trinajstić information content (AvgIpc) is 3.32. The molecule has 0 spiro atoms. The Labute approximate surface area is 167 Å². The maximum Gasteiger partial charge on any atom is 0.320 e. The highest BCUT2D eigenvalue weighted by atomic mass is 32.2. The standard InChI is InChI=1S/C19H22F2N4O3S/c1-11(13-4-5-15(20)16(21)8-13)22-19(26)23-18-9-17(12-2-3-12)24-25(18)14-6-7-29(27,28)10-14/h4-5,8-9,11-12,14H,2-3,6-7,10H2,1H3,(H2,22,23,26)/t11-,14-/m0/s1. The minimum absolute atomic E-state index is 0.000342. The predicted molar refractivity (Wildman–Crippen MR) is 103 cm³/mol. The minimum atomic E-state index is -3.10. The lowest BCUT2D eigenvalue weighted by Crippen LogP contribution is -2.32. The highest BCUT2D eigenvalue weighted by molar-refractivity contribution is 7.91. The molecule has 0 unspecified atom stereocenters. The molecule has 2 fully saturated rings. The van der Waals surface area contributed by atoms with E-state index in [4.69, 9.17) is 0 Å². The van der Waals surface area contributed by atoms with Crippen LogP contribution < -0.4 is 10.6 Å². The van der Waals surface area contributed by atoms with Gasteiger partial charge in [-0.15, -0.1) is 0 Å². The fourth-order valence-electron chi connectivity index (χ4n) is 3.55. The van der Waals surface area contributed by atoms with Crippen molar-refractivity contribution in [1.82, 2.24) is 15.1 Å². The summed E-state index contributed by atoms with van der Waals surface area (Å²) in [6.45, 7) is 1.66. The van der Waals surface area contributed by atoms with Gasteiger partial charge in [-0.2, -0.15) is 5.10 Å². The third kappa shape index (κ3) is 4.42. The first-order valence-corrected chi connectivity index (χ1v) is 11.4. The summed E-state index contributed by atoms with van der Waals surface area (Å²) in [7, 11) is -3.10. The van der Waals surface area contributed by atoms with Crippen molar-refractivity contribution in [3.8, 4) is 0 Å². The summed E-state index contributed by atoms with van der Waals surface area (Å²) in [5, 5.41) is 9.96. The van der Waals surface area contributed by atoms with Crippen LogP contribution in [0.1, 0.15) is 55.4 Å². The van der Waals surface area contributed by atoms with Gasteiger partial charge in [-0.25, -0.2) is 26.7 Å². The molecule has 1 aliphatic carbocycles. The van der Waals surface area contributed by atoms with Gasteiger partial charge in [-0.3, -0.25) is 5.32 Å². The Morgan fingerprint density at radius 3 is 2.59 bits per heavy atom. The fraction of sp³-hybridized carbons (Fsp3) is 0.474. The number of nitrogens with one attached hydrogen (secondary N) is 2. The number of halogens is 2. The number of rotatable bonds is 5. The Morgan fingerprint density at radius 1 is 1.21 bits per heavy atom. The summed E-state index contributed by atoms with van der Waals surface area (Å²) in [6.07, 6.45) is 2.51. The molecule has 1 aromatic carbocycles. The number of nitrogens with zero attached hydrogens (tertiary/aromatic N) is 2. The number of carbonyl (C=O) groups is 1. The monoisotopic (exact) mass is 424 g/mol. The van der Waals surface area contributed by atoms with Crippen LogP contribution in [0.25, 0.3) is 0 Å². The van der Waals surface area contributed by atoms with Gasteiger partial charge in [0.15, 0.2) is 21.5 Å². The second kappa shape index (κ2) is 7.40. The minimum Gasteiger partial charge on any atom is -0.331 e. The molecule has 29 heavy (non-hydrogen) atoms. The van der Waals surface area contributed by atoms with Gasteiger partial charge in [0.05, 0.1) is 29.3 Å². The molecule has 2 heterocycles. The van der Waals surface area contributed by atoms with Gasteiger partial charge < -0.3 is 5.32 Å². The van der Waals surface area contributed by atoms with Gasteiger partial charge >= 0.3 is 6.03 Å². The number of amides is 2. The van der Waals surface area contributed by atoms with Crippen LogP contribution in [0.5, 0.6) is 0 Å². The maximum atomic E-state index is 13.4. The summed E-state index contributed by atoms with van der Waals surface area (Å²) in [5.74, 6) is -1.04. The summed E-state index contributed by atoms with van der Waals surface area (Å²) in [6, 6.07) is 3.83. The van der Waals surface area contributed by atoms with E-state index in [1.807, 2.05) is 0 Å². The predicted octanol–water partition coefficient (Wildman–Crippen LogP) is 3.28. The van der Waals surface area contributed by atoms with Crippen LogP contribution in [-0.4, -0.2) is 35.7 Å². The number of hydrogen-bond acceptors (Lipinski definition) is 4. The molecular formula is C19H22F2N4O3S. The van der Waals surface area contributed by atoms with E-state index in [0.29, 0.717) is 23.7 Å². The van der Waals surface area contributed by atoms with Gasteiger partial charge in [-0.1, -0.05) is 6.07 Å². The van der Waals surface area contributed by atoms with Gasteiger partial charge in [0, 0.05) is 12.0 Å². The van der Waals surface area contributed by atoms with Gasteiger partial charge in [0.25, 0.3) is 0 Å². The van der Waals surface area contributed by atoms with E-state index >= 15 is 0 Å². The molecule has 2 atom stereocenters. The Kier molecular flexibility index (Phi) is 5.05. The summed E-state index contributed by atoms with van der Waals surface area (Å²) in [4.78, 5) is 12.5. The van der Waals surface area contributed by atoms with Crippen molar-refractivity contribution in [2.24, 2.45) is 0 Å². The van der Waals surface area contributed by atoms with Crippen LogP contribution in [0.2, 0.25) is 0 Å². The second-order valence-corrected chi connectivity index (χ2v) is 9.95. The van der Waals surface area contributed by atoms with Gasteiger partial charge in [0.2, 0.25) is 0 Å². The molecule has 2 aliphatic rings. The van der Waals surface area contributed by atoms with E-state index in [2.05, 4.69) is 15.7 Å². The number of aromatic nitrogens is 2. The molecule has 10 heteroatoms. The Balaban J connectivity index is 1.49. The Morgan fingerprint density at radius 2 is 1.97 bits per heavy atom. The Bertz CT molecular complexity index is 1050. The Hall–Kier alpha value is -2.49. The van der Waals surface area contributed by atoms with Crippen LogP contribution in [0.4, 0.5) is 19.4 Å². The van der Waals surface area contributed by atoms with Crippen molar-refractivity contribution in [2.45, 2.75) is 44.2 Å². The number of hydrogen-bond donors (Lipinski definition) is 2. The maximum absolute atomic E-state index is 13.4. The van der Waals surface area contributed by atoms with Crippen molar-refractivity contribution in [1.29, 1.82) is 0 Å². The topological polar surface area (TPSA) is 93.1 Å². The average molecular weight is 424 g/mol. The SMILES string of the molecule is C[C@H](NC(=O)Nc1cc(C2CC2)nn1[C@H]1CCS(=O)(=O)C1)c1ccc(F)c(F)c1. The molecule has 1 saturated carbocycles. The lowest BCUT2D eigenvalue weighted by atomic mass is 10.1. The molecule has 2 N–H and O–H groups in total. The fourth-order valence-corrected chi connectivity index (χ4v) is 5.24. The zero-order valence-electron chi connectivity index (χ0n) is 15.9. The van der Waals surface area contributed by atoms with Gasteiger partial charge in [-0.05, 0) is 43.9 Å². The highest BCUT2D eigenvalue weighted by Crippen LogP contribution is 2.41. The van der Waals surface area contributed by atoms with E-state index in [1.54, 1.807) is 17.7 Å². The zero-order chi connectivity index (χ0) is 20.8. The van der Waals surface area contributed by atoms with Crippen LogP contribution in [0.15, 0.2) is 24.3 Å². The summed E-state index contributed by atoms with van der Waals surface area (Å²) >= 11 is 0. The third-order valence-electron chi connectivity index (χ3n) is 5.34. The first-order valence-electron chi connectivity index (χ1n) is 9.54. The number of sulfone groups is 1. The molecular weight excluding hydrogens is 402 g/mol. The molecule has 156 valence electrons. The van der Waals surface area contributed by atoms with Crippen molar-refractivity contribution >= 4 is 21.7 Å². The molecule has 1 saturated heterocycles. The first kappa shape index (κ1) is 19.8. The molecule has 0 bridgehead atoms. The molecule has 4 rings (SSSR count). The first-order chi connectivity index (χ1) is 13.7. The lowest BCUT2D eigenvalue weighted by Gasteiger charge is -2.17. The molecule has 2 amide bonds. The van der Waals surface area contributed by atoms with E-state index in [-0.39, 0.29) is 17.5 Å². The molecule has 0 radical (unpaired) electrons. The van der Waals surface area contributed by atoms with Gasteiger partial charge in [0.1, 0.15) is 5.82 Å². The molecule has 7 nitrogen and oxygen atoms in total. The molecule has 1 aliphatic heterocycles. The number of benzene rings is 1. The van der Waals surface area contributed by atoms with Crippen molar-refractivity contribution in [3.05, 3.63) is 47.2 Å². The third-order valence-corrected chi connectivity index (χ3v) is 7.09. The van der Waals surface area contributed by atoms with Crippen LogP contribution in [0, 0.1) is 11.6 Å². The van der Waals surface area contributed by atoms with E-state index in [9.17, 15) is 22.0 Å². The summed E-state index contributed by atoms with van der Waals surface area (Å²) in [5.41, 5.74) is 1.27. The quantitative estimate of drug-likeness (QED) is 0.770. The highest BCUT2D eigenvalue weighted by Gasteiger charge is 2.34. The summed E-state index contributed by atoms with van der Waals surface area (Å²) < 4.78 is 51.8. The number of anilines is 1. The normalized spacial score (nSPS) is 21.7. The molecule has 1 aromatic heterocycles. The second-order valence-electron chi connectivity index (χ2n) is 7.72. The van der Waals surface area contributed by atoms with E-state index in [1.165, 1.54) is 6.07 Å². The lowest BCUT2D eigenvalue weighted by molar-refractivity contribution is 0.249. The van der Waals surface area contributed by atoms with Crippen LogP contribution in [-0.2, 0) is 9.84 Å². The molecule has 2 aromatic rings. The van der Waals surface area contributed by atoms with Crippen LogP contribution in [0.3, 0.4) is 0 Å².